The predicted octanol–water partition coefficient (Wildman–Crippen LogP) is 2.36. The van der Waals surface area contributed by atoms with Crippen molar-refractivity contribution in [1.29, 1.82) is 0 Å². The van der Waals surface area contributed by atoms with Gasteiger partial charge in [-0.25, -0.2) is 13.8 Å². The van der Waals surface area contributed by atoms with E-state index in [1.54, 1.807) is 6.92 Å². The zero-order valence-electron chi connectivity index (χ0n) is 10.6. The molecule has 102 valence electrons. The van der Waals surface area contributed by atoms with E-state index in [9.17, 15) is 13.9 Å². The van der Waals surface area contributed by atoms with Gasteiger partial charge in [0.1, 0.15) is 0 Å². The molecular weight excluding hydrogens is 240 g/mol. The molecule has 0 saturated heterocycles. The third-order valence-electron chi connectivity index (χ3n) is 2.51. The second kappa shape index (κ2) is 7.10. The SMILES string of the molecule is CCNc1nc(NCCC(O)CC)c(F)cc1F. The molecule has 0 radical (unpaired) electrons. The van der Waals surface area contributed by atoms with Gasteiger partial charge in [-0.3, -0.25) is 0 Å². The highest BCUT2D eigenvalue weighted by atomic mass is 19.1. The van der Waals surface area contributed by atoms with Crippen LogP contribution in [-0.4, -0.2) is 29.3 Å². The highest BCUT2D eigenvalue weighted by molar-refractivity contribution is 5.47. The Labute approximate surface area is 105 Å². The predicted molar refractivity (Wildman–Crippen MR) is 67.7 cm³/mol. The minimum atomic E-state index is -0.736. The molecule has 0 amide bonds. The van der Waals surface area contributed by atoms with E-state index in [1.807, 2.05) is 6.92 Å². The molecular formula is C12H19F2N3O. The Kier molecular flexibility index (Phi) is 5.77. The van der Waals surface area contributed by atoms with Crippen molar-refractivity contribution in [2.45, 2.75) is 32.8 Å². The summed E-state index contributed by atoms with van der Waals surface area (Å²) in [7, 11) is 0. The molecule has 0 aliphatic carbocycles. The average molecular weight is 259 g/mol. The highest BCUT2D eigenvalue weighted by Crippen LogP contribution is 2.18. The number of rotatable bonds is 7. The lowest BCUT2D eigenvalue weighted by atomic mass is 10.2. The van der Waals surface area contributed by atoms with E-state index in [-0.39, 0.29) is 11.6 Å². The van der Waals surface area contributed by atoms with Gasteiger partial charge in [-0.1, -0.05) is 6.92 Å². The summed E-state index contributed by atoms with van der Waals surface area (Å²) in [5, 5.41) is 14.8. The molecule has 6 heteroatoms. The number of anilines is 2. The van der Waals surface area contributed by atoms with Gasteiger partial charge in [0.05, 0.1) is 6.10 Å². The number of hydrogen-bond donors (Lipinski definition) is 3. The van der Waals surface area contributed by atoms with Crippen molar-refractivity contribution in [1.82, 2.24) is 4.98 Å². The number of halogens is 2. The van der Waals surface area contributed by atoms with Crippen LogP contribution in [0.15, 0.2) is 6.07 Å². The van der Waals surface area contributed by atoms with Gasteiger partial charge < -0.3 is 15.7 Å². The fourth-order valence-electron chi connectivity index (χ4n) is 1.44. The number of nitrogens with one attached hydrogen (secondary N) is 2. The van der Waals surface area contributed by atoms with Crippen molar-refractivity contribution in [3.8, 4) is 0 Å². The van der Waals surface area contributed by atoms with Gasteiger partial charge in [0.2, 0.25) is 0 Å². The quantitative estimate of drug-likeness (QED) is 0.703. The highest BCUT2D eigenvalue weighted by Gasteiger charge is 2.11. The van der Waals surface area contributed by atoms with E-state index in [4.69, 9.17) is 0 Å². The number of aliphatic hydroxyl groups excluding tert-OH is 1. The Bertz CT molecular complexity index is 388. The topological polar surface area (TPSA) is 57.2 Å². The first-order chi connectivity index (χ1) is 8.58. The van der Waals surface area contributed by atoms with Crippen LogP contribution in [0.3, 0.4) is 0 Å². The number of hydrogen-bond acceptors (Lipinski definition) is 4. The van der Waals surface area contributed by atoms with Crippen LogP contribution in [-0.2, 0) is 0 Å². The van der Waals surface area contributed by atoms with Crippen LogP contribution in [0.2, 0.25) is 0 Å². The Morgan fingerprint density at radius 2 is 1.83 bits per heavy atom. The van der Waals surface area contributed by atoms with Crippen LogP contribution < -0.4 is 10.6 Å². The Hall–Kier alpha value is -1.43. The summed E-state index contributed by atoms with van der Waals surface area (Å²) in [5.41, 5.74) is 0. The zero-order valence-corrected chi connectivity index (χ0v) is 10.6. The lowest BCUT2D eigenvalue weighted by molar-refractivity contribution is 0.164. The summed E-state index contributed by atoms with van der Waals surface area (Å²) in [6, 6.07) is 0.795. The van der Waals surface area contributed by atoms with Crippen molar-refractivity contribution in [2.75, 3.05) is 23.7 Å². The third kappa shape index (κ3) is 4.10. The number of aromatic nitrogens is 1. The molecule has 0 bridgehead atoms. The van der Waals surface area contributed by atoms with Crippen molar-refractivity contribution in [2.24, 2.45) is 0 Å². The minimum Gasteiger partial charge on any atom is -0.393 e. The summed E-state index contributed by atoms with van der Waals surface area (Å²) in [6.45, 7) is 4.56. The van der Waals surface area contributed by atoms with Crippen LogP contribution in [0.25, 0.3) is 0 Å². The minimum absolute atomic E-state index is 0.00402. The lowest BCUT2D eigenvalue weighted by Crippen LogP contribution is -2.14. The van der Waals surface area contributed by atoms with Crippen LogP contribution in [0.4, 0.5) is 20.4 Å². The monoisotopic (exact) mass is 259 g/mol. The van der Waals surface area contributed by atoms with Crippen LogP contribution >= 0.6 is 0 Å². The molecule has 0 aliphatic rings. The standard InChI is InChI=1S/C12H19F2N3O/c1-3-8(18)5-6-16-12-10(14)7-9(13)11(17-12)15-4-2/h7-8,18H,3-6H2,1-2H3,(H2,15,16,17). The smallest absolute Gasteiger partial charge is 0.168 e. The van der Waals surface area contributed by atoms with Crippen molar-refractivity contribution in [3.05, 3.63) is 17.7 Å². The van der Waals surface area contributed by atoms with E-state index < -0.39 is 17.7 Å². The van der Waals surface area contributed by atoms with Crippen LogP contribution in [0.1, 0.15) is 26.7 Å². The largest absolute Gasteiger partial charge is 0.393 e. The van der Waals surface area contributed by atoms with Gasteiger partial charge >= 0.3 is 0 Å². The lowest BCUT2D eigenvalue weighted by Gasteiger charge is -2.12. The summed E-state index contributed by atoms with van der Waals surface area (Å²) in [4.78, 5) is 3.83. The first kappa shape index (κ1) is 14.6. The number of pyridine rings is 1. The fraction of sp³-hybridized carbons (Fsp3) is 0.583. The molecule has 18 heavy (non-hydrogen) atoms. The summed E-state index contributed by atoms with van der Waals surface area (Å²) >= 11 is 0. The Morgan fingerprint density at radius 1 is 1.22 bits per heavy atom. The molecule has 4 nitrogen and oxygen atoms in total. The second-order valence-electron chi connectivity index (χ2n) is 3.96. The molecule has 3 N–H and O–H groups in total. The molecule has 1 unspecified atom stereocenters. The zero-order chi connectivity index (χ0) is 13.5. The van der Waals surface area contributed by atoms with Crippen molar-refractivity contribution >= 4 is 11.6 Å². The van der Waals surface area contributed by atoms with Gasteiger partial charge in [-0.2, -0.15) is 0 Å². The molecule has 0 spiro atoms. The van der Waals surface area contributed by atoms with Gasteiger partial charge in [-0.05, 0) is 19.8 Å². The van der Waals surface area contributed by atoms with Crippen LogP contribution in [0, 0.1) is 11.6 Å². The molecule has 1 aromatic rings. The van der Waals surface area contributed by atoms with Gasteiger partial charge in [0.15, 0.2) is 23.3 Å². The average Bonchev–Trinajstić information content (AvgIpc) is 2.34. The molecule has 0 fully saturated rings. The third-order valence-corrected chi connectivity index (χ3v) is 2.51. The molecule has 1 aromatic heterocycles. The van der Waals surface area contributed by atoms with Crippen LogP contribution in [0.5, 0.6) is 0 Å². The second-order valence-corrected chi connectivity index (χ2v) is 3.96. The van der Waals surface area contributed by atoms with Gasteiger partial charge in [0.25, 0.3) is 0 Å². The maximum Gasteiger partial charge on any atom is 0.168 e. The fourth-order valence-corrected chi connectivity index (χ4v) is 1.44. The molecule has 0 aliphatic heterocycles. The normalized spacial score (nSPS) is 12.3. The van der Waals surface area contributed by atoms with E-state index >= 15 is 0 Å². The molecule has 0 aromatic carbocycles. The first-order valence-corrected chi connectivity index (χ1v) is 6.10. The summed E-state index contributed by atoms with van der Waals surface area (Å²) in [6.07, 6.45) is 0.712. The van der Waals surface area contributed by atoms with Gasteiger partial charge in [-0.15, -0.1) is 0 Å². The Morgan fingerprint density at radius 3 is 2.39 bits per heavy atom. The number of nitrogens with zero attached hydrogens (tertiary/aromatic N) is 1. The molecule has 1 rings (SSSR count). The van der Waals surface area contributed by atoms with Crippen molar-refractivity contribution < 1.29 is 13.9 Å². The van der Waals surface area contributed by atoms with Crippen molar-refractivity contribution in [3.63, 3.8) is 0 Å². The first-order valence-electron chi connectivity index (χ1n) is 6.10. The van der Waals surface area contributed by atoms with Gasteiger partial charge in [0, 0.05) is 19.2 Å². The maximum atomic E-state index is 13.4. The van der Waals surface area contributed by atoms with E-state index in [1.165, 1.54) is 0 Å². The molecule has 1 atom stereocenters. The number of aliphatic hydroxyl groups is 1. The summed E-state index contributed by atoms with van der Waals surface area (Å²) < 4.78 is 26.7. The van der Waals surface area contributed by atoms with E-state index in [0.29, 0.717) is 25.9 Å². The molecule has 0 saturated carbocycles. The Balaban J connectivity index is 2.67. The summed E-state index contributed by atoms with van der Waals surface area (Å²) in [5.74, 6) is -1.43. The van der Waals surface area contributed by atoms with E-state index in [0.717, 1.165) is 6.07 Å². The molecule has 1 heterocycles. The van der Waals surface area contributed by atoms with E-state index in [2.05, 4.69) is 15.6 Å². The maximum absolute atomic E-state index is 13.4.